The minimum atomic E-state index is -4.10. The number of hydrogen-bond donors (Lipinski definition) is 1. The lowest BCUT2D eigenvalue weighted by molar-refractivity contribution is -0.212. The molecular formula is C40H54ClN4O5S-. The minimum absolute atomic E-state index is 0.0521. The van der Waals surface area contributed by atoms with Crippen molar-refractivity contribution in [3.8, 4) is 5.75 Å². The maximum atomic E-state index is 13.5. The molecule has 2 bridgehead atoms. The first-order valence-corrected chi connectivity index (χ1v) is 21.0. The van der Waals surface area contributed by atoms with Crippen molar-refractivity contribution in [3.63, 3.8) is 0 Å². The van der Waals surface area contributed by atoms with Crippen LogP contribution < -0.4 is 14.7 Å². The predicted octanol–water partition coefficient (Wildman–Crippen LogP) is 5.41. The number of benzene rings is 2. The summed E-state index contributed by atoms with van der Waals surface area (Å²) in [4.78, 5) is 7.40. The highest BCUT2D eigenvalue weighted by Gasteiger charge is 2.47. The van der Waals surface area contributed by atoms with Crippen molar-refractivity contribution in [2.45, 2.75) is 95.1 Å². The molecule has 4 aliphatic heterocycles. The fourth-order valence-electron chi connectivity index (χ4n) is 9.04. The molecule has 2 aromatic rings. The van der Waals surface area contributed by atoms with Gasteiger partial charge in [0.25, 0.3) is 10.0 Å². The number of fused-ring (bicyclic) bond motifs is 4. The van der Waals surface area contributed by atoms with Crippen molar-refractivity contribution in [1.29, 1.82) is 0 Å². The molecule has 11 heteroatoms. The fourth-order valence-corrected chi connectivity index (χ4v) is 10.4. The third-order valence-corrected chi connectivity index (χ3v) is 14.6. The van der Waals surface area contributed by atoms with Gasteiger partial charge in [-0.25, -0.2) is 8.42 Å². The first-order valence-electron chi connectivity index (χ1n) is 19.2. The molecule has 1 saturated carbocycles. The van der Waals surface area contributed by atoms with E-state index in [0.717, 1.165) is 69.5 Å². The van der Waals surface area contributed by atoms with Gasteiger partial charge in [0.1, 0.15) is 12.4 Å². The number of sulfonamides is 1. The van der Waals surface area contributed by atoms with Crippen LogP contribution in [0.4, 0.5) is 5.69 Å². The molecule has 1 aliphatic carbocycles. The molecule has 0 radical (unpaired) electrons. The minimum Gasteiger partial charge on any atom is -0.858 e. The highest BCUT2D eigenvalue weighted by molar-refractivity contribution is 7.90. The summed E-state index contributed by atoms with van der Waals surface area (Å²) in [6.45, 7) is 9.99. The van der Waals surface area contributed by atoms with Crippen LogP contribution in [0.1, 0.15) is 81.9 Å². The van der Waals surface area contributed by atoms with E-state index < -0.39 is 26.8 Å². The molecule has 5 aliphatic rings. The lowest BCUT2D eigenvalue weighted by Gasteiger charge is -2.51. The van der Waals surface area contributed by atoms with Gasteiger partial charge in [-0.15, -0.1) is 0 Å². The third-order valence-electron chi connectivity index (χ3n) is 12.5. The quantitative estimate of drug-likeness (QED) is 0.408. The molecule has 9 nitrogen and oxygen atoms in total. The van der Waals surface area contributed by atoms with Crippen molar-refractivity contribution in [3.05, 3.63) is 70.3 Å². The lowest BCUT2D eigenvalue weighted by atomic mass is 9.64. The molecule has 0 aromatic heterocycles. The molecule has 0 unspecified atom stereocenters. The van der Waals surface area contributed by atoms with E-state index >= 15 is 0 Å². The van der Waals surface area contributed by atoms with Gasteiger partial charge in [0.05, 0.1) is 16.5 Å². The van der Waals surface area contributed by atoms with Crippen LogP contribution in [0.2, 0.25) is 5.02 Å². The van der Waals surface area contributed by atoms with E-state index in [1.165, 1.54) is 31.4 Å². The van der Waals surface area contributed by atoms with E-state index in [1.54, 1.807) is 25.1 Å². The molecule has 1 N–H and O–H groups in total. The highest BCUT2D eigenvalue weighted by atomic mass is 35.5. The normalized spacial score (nSPS) is 33.8. The number of rotatable bonds is 2. The zero-order valence-electron chi connectivity index (χ0n) is 30.2. The zero-order valence-corrected chi connectivity index (χ0v) is 31.8. The van der Waals surface area contributed by atoms with Crippen LogP contribution in [0.5, 0.6) is 5.75 Å². The average Bonchev–Trinajstić information content (AvgIpc) is 3.12. The van der Waals surface area contributed by atoms with Gasteiger partial charge in [0.15, 0.2) is 0 Å². The Labute approximate surface area is 309 Å². The Bertz CT molecular complexity index is 1730. The molecule has 2 saturated heterocycles. The van der Waals surface area contributed by atoms with Gasteiger partial charge in [-0.05, 0) is 124 Å². The van der Waals surface area contributed by atoms with Crippen LogP contribution in [-0.2, 0) is 23.1 Å². The maximum absolute atomic E-state index is 13.5. The second-order valence-corrected chi connectivity index (χ2v) is 18.3. The zero-order chi connectivity index (χ0) is 35.8. The lowest BCUT2D eigenvalue weighted by Crippen LogP contribution is -2.60. The first-order chi connectivity index (χ1) is 24.5. The predicted molar refractivity (Wildman–Crippen MR) is 202 cm³/mol. The Balaban J connectivity index is 1.25. The van der Waals surface area contributed by atoms with Gasteiger partial charge in [0.2, 0.25) is 0 Å². The largest absolute Gasteiger partial charge is 0.858 e. The number of anilines is 1. The second-order valence-electron chi connectivity index (χ2n) is 15.9. The number of piperazine rings is 1. The number of ether oxygens (including phenoxy) is 1. The number of aryl methyl sites for hydroxylation is 1. The molecule has 51 heavy (non-hydrogen) atoms. The standard InChI is InChI=1S/C40H55ClN4O5S/c1-28-8-7-17-40(47,27-43-20-21-44-18-6-4-10-35(44)25-43)36-15-12-32(36)24-45-19-5-3-9-30-22-34(41)14-11-33(30)26-50-38-16-13-31(23-37(38)45)39(46)42-51(48,49)29(28)2/h7,11,13-14,16-17,22-23,28-29,32,35-36,47H,3-6,8-10,12,15,18-21,24-27H2,1-2H3,(H,42,46)/p-1/b17-7+/t28-,29+,32-,35+,36+,40-/m0/s1. The number of nitrogens with zero attached hydrogens (tertiary/aromatic N) is 4. The van der Waals surface area contributed by atoms with Crippen LogP contribution in [-0.4, -0.2) is 91.9 Å². The summed E-state index contributed by atoms with van der Waals surface area (Å²) >= 11 is 6.39. The molecule has 7 rings (SSSR count). The van der Waals surface area contributed by atoms with Crippen molar-refractivity contribution in [2.75, 3.05) is 50.7 Å². The van der Waals surface area contributed by atoms with Crippen LogP contribution in [0.3, 0.4) is 0 Å². The van der Waals surface area contributed by atoms with Gasteiger partial charge >= 0.3 is 0 Å². The molecule has 4 heterocycles. The van der Waals surface area contributed by atoms with Crippen molar-refractivity contribution < 1.29 is 23.4 Å². The summed E-state index contributed by atoms with van der Waals surface area (Å²) in [6.07, 6.45) is 12.9. The third kappa shape index (κ3) is 8.15. The van der Waals surface area contributed by atoms with Crippen LogP contribution in [0.25, 0.3) is 0 Å². The van der Waals surface area contributed by atoms with Gasteiger partial charge in [0, 0.05) is 56.2 Å². The smallest absolute Gasteiger partial charge is 0.255 e. The number of β-amino-alcohol motifs (C(OH)–C–C–N with tert-alkyl or cyclic N) is 1. The summed E-state index contributed by atoms with van der Waals surface area (Å²) in [5, 5.41) is 26.1. The maximum Gasteiger partial charge on any atom is 0.255 e. The summed E-state index contributed by atoms with van der Waals surface area (Å²) < 4.78 is 37.3. The number of hydrogen-bond acceptors (Lipinski definition) is 8. The summed E-state index contributed by atoms with van der Waals surface area (Å²) in [5.41, 5.74) is 2.19. The molecule has 2 aromatic carbocycles. The summed E-state index contributed by atoms with van der Waals surface area (Å²) in [7, 11) is -4.10. The summed E-state index contributed by atoms with van der Waals surface area (Å²) in [6, 6.07) is 11.6. The second kappa shape index (κ2) is 15.4. The van der Waals surface area contributed by atoms with E-state index in [9.17, 15) is 18.6 Å². The first kappa shape index (κ1) is 36.7. The summed E-state index contributed by atoms with van der Waals surface area (Å²) in [5.74, 6) is -0.133. The van der Waals surface area contributed by atoms with E-state index in [4.69, 9.17) is 16.3 Å². The topological polar surface area (TPSA) is 109 Å². The van der Waals surface area contributed by atoms with E-state index in [1.807, 2.05) is 37.3 Å². The van der Waals surface area contributed by atoms with Crippen molar-refractivity contribution in [2.24, 2.45) is 22.2 Å². The van der Waals surface area contributed by atoms with E-state index in [0.29, 0.717) is 42.9 Å². The van der Waals surface area contributed by atoms with Crippen molar-refractivity contribution in [1.82, 2.24) is 9.80 Å². The van der Waals surface area contributed by atoms with Crippen LogP contribution >= 0.6 is 11.6 Å². The van der Waals surface area contributed by atoms with Gasteiger partial charge < -0.3 is 19.8 Å². The van der Waals surface area contributed by atoms with E-state index in [-0.39, 0.29) is 23.3 Å². The Hall–Kier alpha value is -2.63. The molecule has 6 atom stereocenters. The Kier molecular flexibility index (Phi) is 11.1. The number of allylic oxidation sites excluding steroid dienone is 1. The Morgan fingerprint density at radius 1 is 0.980 bits per heavy atom. The number of halogens is 1. The van der Waals surface area contributed by atoms with Crippen LogP contribution in [0.15, 0.2) is 52.9 Å². The molecule has 0 spiro atoms. The van der Waals surface area contributed by atoms with Gasteiger partial charge in [-0.2, -0.15) is 4.40 Å². The molecule has 3 fully saturated rings. The fraction of sp³-hybridized carbons (Fsp3) is 0.625. The van der Waals surface area contributed by atoms with Crippen LogP contribution in [0, 0.1) is 17.8 Å². The SMILES string of the molecule is C[C@@H]1[C@@H](C)C/C=C/[C@](O)(CN2CCN3CCCC[C@@H]3C2)[C@@H]2CC[C@H]2CN2CCCCc3cc(Cl)ccc3COc3ccc(cc32)/C([O-])=N/S1(=O)=O. The molecular weight excluding hydrogens is 684 g/mol. The van der Waals surface area contributed by atoms with Gasteiger partial charge in [-0.3, -0.25) is 9.80 Å². The van der Waals surface area contributed by atoms with Crippen molar-refractivity contribution >= 4 is 33.2 Å². The average molecular weight is 738 g/mol. The number of piperidine rings is 1. The molecule has 0 amide bonds. The monoisotopic (exact) mass is 737 g/mol. The number of aliphatic hydroxyl groups is 1. The van der Waals surface area contributed by atoms with E-state index in [2.05, 4.69) is 19.1 Å². The highest BCUT2D eigenvalue weighted by Crippen LogP contribution is 2.45. The van der Waals surface area contributed by atoms with Gasteiger partial charge in [-0.1, -0.05) is 49.2 Å². The molecule has 278 valence electrons. The Morgan fingerprint density at radius 3 is 2.65 bits per heavy atom. The Morgan fingerprint density at radius 2 is 1.82 bits per heavy atom.